The Morgan fingerprint density at radius 3 is 2.60 bits per heavy atom. The third-order valence-electron chi connectivity index (χ3n) is 3.18. The van der Waals surface area contributed by atoms with Gasteiger partial charge in [0.2, 0.25) is 0 Å². The van der Waals surface area contributed by atoms with E-state index in [1.807, 2.05) is 0 Å². The molecule has 106 valence electrons. The standard InChI is InChI=1S/C13H15N3O4/c1-7-11(13(19)16-15-7)9(6-10(17)20-2)8-4-3-5-14-12(8)18/h3-5,9H,6H2,1-2H3,(H,14,18)(H2,15,16,19)/t9-/m1/s1. The SMILES string of the molecule is COC(=O)C[C@H](c1ccc[nH]c1=O)c1c(C)[nH][nH]c1=O. The first kappa shape index (κ1) is 13.9. The van der Waals surface area contributed by atoms with Gasteiger partial charge in [0.25, 0.3) is 11.1 Å². The van der Waals surface area contributed by atoms with Gasteiger partial charge in [0.05, 0.1) is 13.5 Å². The van der Waals surface area contributed by atoms with Crippen molar-refractivity contribution in [2.45, 2.75) is 19.3 Å². The lowest BCUT2D eigenvalue weighted by Crippen LogP contribution is -2.23. The first-order valence-corrected chi connectivity index (χ1v) is 6.06. The lowest BCUT2D eigenvalue weighted by molar-refractivity contribution is -0.140. The highest BCUT2D eigenvalue weighted by Crippen LogP contribution is 2.25. The monoisotopic (exact) mass is 277 g/mol. The topological polar surface area (TPSA) is 108 Å². The summed E-state index contributed by atoms with van der Waals surface area (Å²) in [5.41, 5.74) is 0.631. The highest BCUT2D eigenvalue weighted by molar-refractivity contribution is 5.71. The molecule has 7 nitrogen and oxygen atoms in total. The van der Waals surface area contributed by atoms with Crippen LogP contribution in [-0.2, 0) is 9.53 Å². The van der Waals surface area contributed by atoms with E-state index in [1.165, 1.54) is 13.3 Å². The normalized spacial score (nSPS) is 12.1. The number of hydrogen-bond acceptors (Lipinski definition) is 4. The van der Waals surface area contributed by atoms with Crippen LogP contribution >= 0.6 is 0 Å². The molecule has 0 spiro atoms. The second kappa shape index (κ2) is 5.60. The molecule has 2 rings (SSSR count). The molecule has 0 aliphatic rings. The summed E-state index contributed by atoms with van der Waals surface area (Å²) in [4.78, 5) is 37.9. The van der Waals surface area contributed by atoms with Gasteiger partial charge in [-0.05, 0) is 13.0 Å². The Labute approximate surface area is 114 Å². The van der Waals surface area contributed by atoms with E-state index in [-0.39, 0.29) is 17.5 Å². The zero-order valence-corrected chi connectivity index (χ0v) is 11.1. The molecule has 0 bridgehead atoms. The number of carbonyl (C=O) groups excluding carboxylic acids is 1. The Morgan fingerprint density at radius 1 is 1.30 bits per heavy atom. The first-order chi connectivity index (χ1) is 9.54. The summed E-state index contributed by atoms with van der Waals surface area (Å²) in [6.45, 7) is 1.70. The zero-order valence-electron chi connectivity index (χ0n) is 11.1. The molecule has 0 aromatic carbocycles. The number of pyridine rings is 1. The molecule has 0 fully saturated rings. The Hall–Kier alpha value is -2.57. The quantitative estimate of drug-likeness (QED) is 0.703. The number of carbonyl (C=O) groups is 1. The molecule has 0 amide bonds. The number of ether oxygens (including phenoxy) is 1. The van der Waals surface area contributed by atoms with Gasteiger partial charge in [-0.3, -0.25) is 19.5 Å². The summed E-state index contributed by atoms with van der Waals surface area (Å²) in [7, 11) is 1.27. The van der Waals surface area contributed by atoms with E-state index in [1.54, 1.807) is 19.1 Å². The van der Waals surface area contributed by atoms with E-state index >= 15 is 0 Å². The van der Waals surface area contributed by atoms with Crippen LogP contribution in [0.5, 0.6) is 0 Å². The second-order valence-corrected chi connectivity index (χ2v) is 4.41. The Bertz CT molecular complexity index is 725. The highest BCUT2D eigenvalue weighted by atomic mass is 16.5. The summed E-state index contributed by atoms with van der Waals surface area (Å²) < 4.78 is 4.65. The summed E-state index contributed by atoms with van der Waals surface area (Å²) in [6.07, 6.45) is 1.42. The van der Waals surface area contributed by atoms with Gasteiger partial charge in [0, 0.05) is 28.9 Å². The minimum Gasteiger partial charge on any atom is -0.469 e. The molecule has 20 heavy (non-hydrogen) atoms. The summed E-state index contributed by atoms with van der Waals surface area (Å²) >= 11 is 0. The number of nitrogens with one attached hydrogen (secondary N) is 3. The Kier molecular flexibility index (Phi) is 3.88. The van der Waals surface area contributed by atoms with Crippen LogP contribution in [0.1, 0.15) is 29.2 Å². The van der Waals surface area contributed by atoms with Crippen LogP contribution in [0.4, 0.5) is 0 Å². The summed E-state index contributed by atoms with van der Waals surface area (Å²) in [6, 6.07) is 3.25. The predicted octanol–water partition coefficient (Wildman–Crippen LogP) is 0.395. The van der Waals surface area contributed by atoms with Crippen LogP contribution < -0.4 is 11.1 Å². The van der Waals surface area contributed by atoms with Gasteiger partial charge in [0.15, 0.2) is 0 Å². The van der Waals surface area contributed by atoms with Gasteiger partial charge in [-0.25, -0.2) is 0 Å². The van der Waals surface area contributed by atoms with Gasteiger partial charge in [0.1, 0.15) is 0 Å². The van der Waals surface area contributed by atoms with E-state index < -0.39 is 11.9 Å². The first-order valence-electron chi connectivity index (χ1n) is 6.06. The molecule has 3 N–H and O–H groups in total. The third kappa shape index (κ3) is 2.56. The van der Waals surface area contributed by atoms with Crippen molar-refractivity contribution in [2.75, 3.05) is 7.11 Å². The minimum absolute atomic E-state index is 0.0780. The molecular formula is C13H15N3O4. The fourth-order valence-electron chi connectivity index (χ4n) is 2.20. The van der Waals surface area contributed by atoms with Gasteiger partial charge in [-0.15, -0.1) is 0 Å². The number of aromatic nitrogens is 3. The van der Waals surface area contributed by atoms with Crippen molar-refractivity contribution in [3.05, 3.63) is 55.9 Å². The van der Waals surface area contributed by atoms with Crippen LogP contribution in [0.15, 0.2) is 27.9 Å². The van der Waals surface area contributed by atoms with E-state index in [0.717, 1.165) is 0 Å². The molecule has 0 unspecified atom stereocenters. The lowest BCUT2D eigenvalue weighted by Gasteiger charge is -2.14. The number of esters is 1. The number of H-pyrrole nitrogens is 3. The molecule has 0 aliphatic carbocycles. The number of rotatable bonds is 4. The van der Waals surface area contributed by atoms with E-state index in [9.17, 15) is 14.4 Å². The molecule has 2 aromatic heterocycles. The van der Waals surface area contributed by atoms with Crippen molar-refractivity contribution in [1.82, 2.24) is 15.2 Å². The molecule has 0 saturated carbocycles. The summed E-state index contributed by atoms with van der Waals surface area (Å²) in [5.74, 6) is -1.14. The number of methoxy groups -OCH3 is 1. The van der Waals surface area contributed by atoms with Crippen LogP contribution in [0, 0.1) is 6.92 Å². The molecule has 0 aliphatic heterocycles. The van der Waals surface area contributed by atoms with Crippen molar-refractivity contribution < 1.29 is 9.53 Å². The fourth-order valence-corrected chi connectivity index (χ4v) is 2.20. The molecule has 2 heterocycles. The van der Waals surface area contributed by atoms with Crippen LogP contribution in [0.25, 0.3) is 0 Å². The van der Waals surface area contributed by atoms with Crippen molar-refractivity contribution >= 4 is 5.97 Å². The van der Waals surface area contributed by atoms with E-state index in [2.05, 4.69) is 19.9 Å². The minimum atomic E-state index is -0.651. The van der Waals surface area contributed by atoms with Gasteiger partial charge in [-0.2, -0.15) is 0 Å². The van der Waals surface area contributed by atoms with Crippen molar-refractivity contribution in [3.8, 4) is 0 Å². The fraction of sp³-hybridized carbons (Fsp3) is 0.308. The average Bonchev–Trinajstić information content (AvgIpc) is 2.76. The van der Waals surface area contributed by atoms with Crippen molar-refractivity contribution in [1.29, 1.82) is 0 Å². The van der Waals surface area contributed by atoms with Crippen LogP contribution in [0.3, 0.4) is 0 Å². The van der Waals surface area contributed by atoms with E-state index in [4.69, 9.17) is 0 Å². The van der Waals surface area contributed by atoms with Crippen molar-refractivity contribution in [3.63, 3.8) is 0 Å². The van der Waals surface area contributed by atoms with Crippen LogP contribution in [0.2, 0.25) is 0 Å². The maximum Gasteiger partial charge on any atom is 0.306 e. The zero-order chi connectivity index (χ0) is 14.7. The van der Waals surface area contributed by atoms with E-state index in [0.29, 0.717) is 16.8 Å². The lowest BCUT2D eigenvalue weighted by atomic mass is 9.89. The Balaban J connectivity index is 2.57. The second-order valence-electron chi connectivity index (χ2n) is 4.41. The molecule has 0 radical (unpaired) electrons. The van der Waals surface area contributed by atoms with Crippen LogP contribution in [-0.4, -0.2) is 28.3 Å². The molecular weight excluding hydrogens is 262 g/mol. The molecule has 1 atom stereocenters. The maximum absolute atomic E-state index is 11.9. The van der Waals surface area contributed by atoms with Gasteiger partial charge < -0.3 is 14.8 Å². The highest BCUT2D eigenvalue weighted by Gasteiger charge is 2.26. The number of aryl methyl sites for hydroxylation is 1. The number of hydrogen-bond donors (Lipinski definition) is 3. The number of aromatic amines is 3. The molecule has 2 aromatic rings. The molecule has 0 saturated heterocycles. The molecule has 7 heteroatoms. The summed E-state index contributed by atoms with van der Waals surface area (Å²) in [5, 5.41) is 5.15. The average molecular weight is 277 g/mol. The van der Waals surface area contributed by atoms with Gasteiger partial charge in [-0.1, -0.05) is 6.07 Å². The van der Waals surface area contributed by atoms with Crippen molar-refractivity contribution in [2.24, 2.45) is 0 Å². The predicted molar refractivity (Wildman–Crippen MR) is 71.7 cm³/mol. The van der Waals surface area contributed by atoms with Gasteiger partial charge >= 0.3 is 5.97 Å². The smallest absolute Gasteiger partial charge is 0.306 e. The Morgan fingerprint density at radius 2 is 2.05 bits per heavy atom. The third-order valence-corrected chi connectivity index (χ3v) is 3.18. The largest absolute Gasteiger partial charge is 0.469 e. The maximum atomic E-state index is 11.9.